The van der Waals surface area contributed by atoms with Crippen molar-refractivity contribution in [1.29, 1.82) is 0 Å². The number of ether oxygens (including phenoxy) is 2. The number of carbonyl (C=O) groups is 1. The number of nitrogens with zero attached hydrogens (tertiary/aromatic N) is 1. The van der Waals surface area contributed by atoms with E-state index in [0.29, 0.717) is 32.8 Å². The van der Waals surface area contributed by atoms with Crippen LogP contribution in [0, 0.1) is 20.8 Å². The van der Waals surface area contributed by atoms with Crippen molar-refractivity contribution in [2.45, 2.75) is 33.7 Å². The van der Waals surface area contributed by atoms with Gasteiger partial charge in [-0.2, -0.15) is 0 Å². The van der Waals surface area contributed by atoms with E-state index in [1.807, 2.05) is 52.0 Å². The molecule has 7 heteroatoms. The van der Waals surface area contributed by atoms with Gasteiger partial charge in [0, 0.05) is 0 Å². The van der Waals surface area contributed by atoms with E-state index in [1.165, 1.54) is 11.3 Å². The van der Waals surface area contributed by atoms with Gasteiger partial charge in [0.15, 0.2) is 22.3 Å². The van der Waals surface area contributed by atoms with E-state index in [2.05, 4.69) is 10.3 Å². The van der Waals surface area contributed by atoms with Gasteiger partial charge in [0.05, 0.1) is 26.0 Å². The van der Waals surface area contributed by atoms with Crippen molar-refractivity contribution >= 4 is 17.2 Å². The van der Waals surface area contributed by atoms with Crippen molar-refractivity contribution < 1.29 is 18.7 Å². The number of amides is 1. The first-order valence-corrected chi connectivity index (χ1v) is 9.73. The van der Waals surface area contributed by atoms with Gasteiger partial charge in [-0.15, -0.1) is 11.3 Å². The van der Waals surface area contributed by atoms with E-state index >= 15 is 0 Å². The Morgan fingerprint density at radius 1 is 1.14 bits per heavy atom. The van der Waals surface area contributed by atoms with E-state index < -0.39 is 0 Å². The van der Waals surface area contributed by atoms with Gasteiger partial charge in [0.2, 0.25) is 0 Å². The van der Waals surface area contributed by atoms with Gasteiger partial charge < -0.3 is 19.2 Å². The minimum absolute atomic E-state index is 0.161. The molecule has 0 bridgehead atoms. The predicted molar refractivity (Wildman–Crippen MR) is 109 cm³/mol. The number of hydrogen-bond acceptors (Lipinski definition) is 6. The van der Waals surface area contributed by atoms with Crippen molar-refractivity contribution in [3.8, 4) is 22.3 Å². The summed E-state index contributed by atoms with van der Waals surface area (Å²) in [5, 5.41) is 3.76. The lowest BCUT2D eigenvalue weighted by atomic mass is 10.0. The number of nitrogens with one attached hydrogen (secondary N) is 1. The molecule has 0 aliphatic heterocycles. The fraction of sp³-hybridized carbons (Fsp3) is 0.333. The third-order valence-corrected chi connectivity index (χ3v) is 5.71. The minimum atomic E-state index is -0.205. The van der Waals surface area contributed by atoms with Crippen LogP contribution < -0.4 is 14.8 Å². The maximum atomic E-state index is 12.9. The quantitative estimate of drug-likeness (QED) is 0.641. The van der Waals surface area contributed by atoms with Crippen LogP contribution in [0.3, 0.4) is 0 Å². The van der Waals surface area contributed by atoms with Crippen LogP contribution in [0.5, 0.6) is 11.5 Å². The molecule has 28 heavy (non-hydrogen) atoms. The van der Waals surface area contributed by atoms with E-state index in [1.54, 1.807) is 14.2 Å². The zero-order chi connectivity index (χ0) is 20.4. The maximum absolute atomic E-state index is 12.9. The lowest BCUT2D eigenvalue weighted by Crippen LogP contribution is -2.27. The molecule has 1 N–H and O–H groups in total. The van der Waals surface area contributed by atoms with Crippen molar-refractivity contribution in [3.63, 3.8) is 0 Å². The number of hydrogen-bond donors (Lipinski definition) is 1. The highest BCUT2D eigenvalue weighted by atomic mass is 32.1. The molecule has 2 aromatic heterocycles. The number of thiazole rings is 1. The Hall–Kier alpha value is -2.80. The summed E-state index contributed by atoms with van der Waals surface area (Å²) in [7, 11) is 3.20. The van der Waals surface area contributed by atoms with E-state index in [9.17, 15) is 4.79 Å². The van der Waals surface area contributed by atoms with E-state index in [0.717, 1.165) is 16.9 Å². The topological polar surface area (TPSA) is 73.6 Å². The summed E-state index contributed by atoms with van der Waals surface area (Å²) in [6, 6.07) is 7.35. The molecule has 6 nitrogen and oxygen atoms in total. The normalized spacial score (nSPS) is 11.9. The molecule has 1 aromatic carbocycles. The summed E-state index contributed by atoms with van der Waals surface area (Å²) >= 11 is 1.33. The fourth-order valence-electron chi connectivity index (χ4n) is 3.06. The Labute approximate surface area is 168 Å². The van der Waals surface area contributed by atoms with Crippen LogP contribution in [0.1, 0.15) is 45.2 Å². The first kappa shape index (κ1) is 19.9. The van der Waals surface area contributed by atoms with Crippen LogP contribution in [0.4, 0.5) is 0 Å². The second-order valence-corrected chi connectivity index (χ2v) is 7.60. The number of methoxy groups -OCH3 is 2. The number of furan rings is 1. The molecule has 3 rings (SSSR count). The number of aryl methyl sites for hydroxylation is 3. The van der Waals surface area contributed by atoms with Crippen LogP contribution >= 0.6 is 11.3 Å². The first-order valence-electron chi connectivity index (χ1n) is 8.91. The van der Waals surface area contributed by atoms with Gasteiger partial charge in [-0.25, -0.2) is 4.98 Å². The zero-order valence-corrected chi connectivity index (χ0v) is 17.7. The Morgan fingerprint density at radius 2 is 1.82 bits per heavy atom. The van der Waals surface area contributed by atoms with Gasteiger partial charge in [0.1, 0.15) is 10.6 Å². The molecule has 0 saturated heterocycles. The number of benzene rings is 1. The Bertz CT molecular complexity index is 1010. The molecule has 0 spiro atoms. The third-order valence-electron chi connectivity index (χ3n) is 4.54. The van der Waals surface area contributed by atoms with Crippen LogP contribution in [-0.4, -0.2) is 25.1 Å². The van der Waals surface area contributed by atoms with Crippen molar-refractivity contribution in [2.24, 2.45) is 0 Å². The Balaban J connectivity index is 1.82. The van der Waals surface area contributed by atoms with Crippen LogP contribution in [0.25, 0.3) is 10.8 Å². The second-order valence-electron chi connectivity index (χ2n) is 6.60. The number of aromatic nitrogens is 1. The molecule has 0 aliphatic rings. The molecule has 148 valence electrons. The summed E-state index contributed by atoms with van der Waals surface area (Å²) in [4.78, 5) is 17.9. The summed E-state index contributed by atoms with van der Waals surface area (Å²) in [6.07, 6.45) is 0. The highest BCUT2D eigenvalue weighted by Gasteiger charge is 2.21. The number of carbonyl (C=O) groups excluding carboxylic acids is 1. The summed E-state index contributed by atoms with van der Waals surface area (Å²) in [6.45, 7) is 7.64. The molecule has 0 saturated carbocycles. The predicted octanol–water partition coefficient (Wildman–Crippen LogP) is 4.84. The molecular formula is C21H24N2O4S. The lowest BCUT2D eigenvalue weighted by Gasteiger charge is -2.19. The van der Waals surface area contributed by atoms with Gasteiger partial charge >= 0.3 is 0 Å². The molecule has 2 heterocycles. The van der Waals surface area contributed by atoms with Gasteiger partial charge in [-0.1, -0.05) is 0 Å². The van der Waals surface area contributed by atoms with Gasteiger partial charge in [-0.3, -0.25) is 4.79 Å². The third kappa shape index (κ3) is 3.89. The molecule has 1 amide bonds. The van der Waals surface area contributed by atoms with Crippen LogP contribution in [-0.2, 0) is 0 Å². The molecule has 0 aliphatic carbocycles. The smallest absolute Gasteiger partial charge is 0.263 e. The summed E-state index contributed by atoms with van der Waals surface area (Å²) in [5.41, 5.74) is 2.66. The maximum Gasteiger partial charge on any atom is 0.263 e. The second kappa shape index (κ2) is 8.06. The summed E-state index contributed by atoms with van der Waals surface area (Å²) in [5.74, 6) is 2.62. The average molecular weight is 401 g/mol. The largest absolute Gasteiger partial charge is 0.493 e. The van der Waals surface area contributed by atoms with Gasteiger partial charge in [0.25, 0.3) is 5.91 Å². The van der Waals surface area contributed by atoms with Crippen LogP contribution in [0.15, 0.2) is 28.7 Å². The first-order chi connectivity index (χ1) is 13.3. The molecule has 0 fully saturated rings. The monoisotopic (exact) mass is 400 g/mol. The summed E-state index contributed by atoms with van der Waals surface area (Å²) < 4.78 is 16.3. The van der Waals surface area contributed by atoms with Crippen LogP contribution in [0.2, 0.25) is 0 Å². The molecule has 1 atom stereocenters. The van der Waals surface area contributed by atoms with Crippen molar-refractivity contribution in [1.82, 2.24) is 10.3 Å². The Morgan fingerprint density at radius 3 is 2.43 bits per heavy atom. The SMILES string of the molecule is COc1cc(C)c(C(C)NC(=O)c2sc(-c3ccc(C)o3)nc2C)cc1OC. The van der Waals surface area contributed by atoms with E-state index in [4.69, 9.17) is 13.9 Å². The molecule has 0 radical (unpaired) electrons. The lowest BCUT2D eigenvalue weighted by molar-refractivity contribution is 0.0943. The average Bonchev–Trinajstić information content (AvgIpc) is 3.26. The highest BCUT2D eigenvalue weighted by Crippen LogP contribution is 2.34. The standard InChI is InChI=1S/C21H24N2O4S/c1-11-9-17(25-5)18(26-6)10-15(11)13(3)22-20(24)19-14(4)23-21(28-19)16-8-7-12(2)27-16/h7-10,13H,1-6H3,(H,22,24). The van der Waals surface area contributed by atoms with E-state index in [-0.39, 0.29) is 11.9 Å². The molecular weight excluding hydrogens is 376 g/mol. The molecule has 1 unspecified atom stereocenters. The minimum Gasteiger partial charge on any atom is -0.493 e. The number of rotatable bonds is 6. The highest BCUT2D eigenvalue weighted by molar-refractivity contribution is 7.17. The van der Waals surface area contributed by atoms with Crippen molar-refractivity contribution in [2.75, 3.05) is 14.2 Å². The molecule has 3 aromatic rings. The zero-order valence-electron chi connectivity index (χ0n) is 16.9. The van der Waals surface area contributed by atoms with Gasteiger partial charge in [-0.05, 0) is 63.1 Å². The Kier molecular flexibility index (Phi) is 5.74. The fourth-order valence-corrected chi connectivity index (χ4v) is 4.00. The van der Waals surface area contributed by atoms with Crippen molar-refractivity contribution in [3.05, 3.63) is 51.7 Å².